The number of rotatable bonds is 6. The van der Waals surface area contributed by atoms with Gasteiger partial charge in [0, 0.05) is 6.21 Å². The second-order valence-electron chi connectivity index (χ2n) is 5.21. The van der Waals surface area contributed by atoms with Crippen LogP contribution in [0.25, 0.3) is 6.08 Å². The quantitative estimate of drug-likeness (QED) is 0.482. The van der Waals surface area contributed by atoms with Crippen LogP contribution >= 0.6 is 0 Å². The van der Waals surface area contributed by atoms with E-state index in [0.717, 1.165) is 5.56 Å². The number of hydrogen-bond donors (Lipinski definition) is 2. The van der Waals surface area contributed by atoms with Crippen LogP contribution in [0.3, 0.4) is 0 Å². The van der Waals surface area contributed by atoms with Crippen molar-refractivity contribution in [2.75, 3.05) is 5.32 Å². The highest BCUT2D eigenvalue weighted by Crippen LogP contribution is 2.13. The molecular weight excluding hydrogens is 321 g/mol. The molecule has 5 nitrogen and oxygen atoms in total. The van der Waals surface area contributed by atoms with E-state index in [1.165, 1.54) is 31.3 Å². The molecule has 2 rings (SSSR count). The van der Waals surface area contributed by atoms with Crippen molar-refractivity contribution in [1.82, 2.24) is 5.43 Å². The Labute approximate surface area is 145 Å². The average Bonchev–Trinajstić information content (AvgIpc) is 2.63. The molecule has 0 fully saturated rings. The third-order valence-corrected chi connectivity index (χ3v) is 3.34. The summed E-state index contributed by atoms with van der Waals surface area (Å²) in [6, 6.07) is 15.3. The maximum Gasteiger partial charge on any atom is 0.252 e. The lowest BCUT2D eigenvalue weighted by Crippen LogP contribution is -2.34. The average molecular weight is 339 g/mol. The molecule has 2 aromatic rings. The Kier molecular flexibility index (Phi) is 6.59. The summed E-state index contributed by atoms with van der Waals surface area (Å²) in [5.74, 6) is -2.78. The van der Waals surface area contributed by atoms with Gasteiger partial charge < -0.3 is 5.32 Å². The van der Waals surface area contributed by atoms with E-state index >= 15 is 0 Å². The van der Waals surface area contributed by atoms with E-state index in [9.17, 15) is 14.0 Å². The highest BCUT2D eigenvalue weighted by Gasteiger charge is 2.21. The zero-order valence-corrected chi connectivity index (χ0v) is 13.6. The van der Waals surface area contributed by atoms with Gasteiger partial charge in [0.25, 0.3) is 5.91 Å². The summed E-state index contributed by atoms with van der Waals surface area (Å²) in [6.45, 7) is 1.42. The van der Waals surface area contributed by atoms with E-state index < -0.39 is 23.5 Å². The monoisotopic (exact) mass is 339 g/mol. The minimum atomic E-state index is -1.02. The summed E-state index contributed by atoms with van der Waals surface area (Å²) >= 11 is 0. The number of benzene rings is 2. The van der Waals surface area contributed by atoms with Crippen molar-refractivity contribution in [3.8, 4) is 0 Å². The van der Waals surface area contributed by atoms with Gasteiger partial charge in [0.05, 0.1) is 5.69 Å². The van der Waals surface area contributed by atoms with Gasteiger partial charge in [-0.2, -0.15) is 5.10 Å². The van der Waals surface area contributed by atoms with Crippen LogP contribution in [0, 0.1) is 11.7 Å². The molecule has 0 saturated heterocycles. The number of nitrogens with one attached hydrogen (secondary N) is 2. The lowest BCUT2D eigenvalue weighted by molar-refractivity contribution is -0.131. The number of anilines is 1. The van der Waals surface area contributed by atoms with Crippen molar-refractivity contribution < 1.29 is 14.0 Å². The zero-order chi connectivity index (χ0) is 18.1. The second-order valence-corrected chi connectivity index (χ2v) is 5.21. The minimum Gasteiger partial charge on any atom is -0.323 e. The summed E-state index contributed by atoms with van der Waals surface area (Å²) in [6.07, 6.45) is 4.90. The van der Waals surface area contributed by atoms with Crippen LogP contribution in [0.4, 0.5) is 10.1 Å². The van der Waals surface area contributed by atoms with E-state index in [0.29, 0.717) is 0 Å². The Hall–Kier alpha value is -3.28. The van der Waals surface area contributed by atoms with Gasteiger partial charge in [-0.25, -0.2) is 9.82 Å². The molecule has 0 aliphatic carbocycles. The standard InChI is InChI=1S/C19H18FN3O2/c1-14(18(24)22-17-12-6-5-11-16(17)20)19(25)23-21-13-7-10-15-8-3-2-4-9-15/h2-14H,1H3,(H,22,24)(H,23,25). The lowest BCUT2D eigenvalue weighted by Gasteiger charge is -2.11. The molecule has 0 aliphatic rings. The van der Waals surface area contributed by atoms with Crippen molar-refractivity contribution in [2.45, 2.75) is 6.92 Å². The number of hydrazone groups is 1. The maximum atomic E-state index is 13.5. The first kappa shape index (κ1) is 18.1. The Balaban J connectivity index is 1.83. The van der Waals surface area contributed by atoms with Gasteiger partial charge in [-0.05, 0) is 30.7 Å². The maximum absolute atomic E-state index is 13.5. The van der Waals surface area contributed by atoms with Gasteiger partial charge >= 0.3 is 0 Å². The molecule has 1 unspecified atom stereocenters. The van der Waals surface area contributed by atoms with E-state index in [1.54, 1.807) is 12.1 Å². The third kappa shape index (κ3) is 5.69. The molecule has 6 heteroatoms. The van der Waals surface area contributed by atoms with E-state index in [-0.39, 0.29) is 5.69 Å². The molecular formula is C19H18FN3O2. The Morgan fingerprint density at radius 2 is 1.72 bits per heavy atom. The number of para-hydroxylation sites is 1. The van der Waals surface area contributed by atoms with Crippen LogP contribution in [-0.4, -0.2) is 18.0 Å². The van der Waals surface area contributed by atoms with Crippen molar-refractivity contribution >= 4 is 29.8 Å². The van der Waals surface area contributed by atoms with Gasteiger partial charge in [0.2, 0.25) is 5.91 Å². The number of hydrogen-bond acceptors (Lipinski definition) is 3. The van der Waals surface area contributed by atoms with Crippen molar-refractivity contribution in [3.63, 3.8) is 0 Å². The Morgan fingerprint density at radius 1 is 1.04 bits per heavy atom. The van der Waals surface area contributed by atoms with Crippen LogP contribution in [0.15, 0.2) is 65.8 Å². The molecule has 0 radical (unpaired) electrons. The summed E-state index contributed by atoms with van der Waals surface area (Å²) in [5.41, 5.74) is 3.30. The van der Waals surface area contributed by atoms with Crippen molar-refractivity contribution in [1.29, 1.82) is 0 Å². The topological polar surface area (TPSA) is 70.6 Å². The molecule has 2 N–H and O–H groups in total. The number of nitrogens with zero attached hydrogens (tertiary/aromatic N) is 1. The normalized spacial score (nSPS) is 12.2. The predicted octanol–water partition coefficient (Wildman–Crippen LogP) is 3.22. The number of amides is 2. The van der Waals surface area contributed by atoms with Gasteiger partial charge in [0.1, 0.15) is 11.7 Å². The van der Waals surface area contributed by atoms with E-state index in [1.807, 2.05) is 36.4 Å². The first-order valence-electron chi connectivity index (χ1n) is 7.68. The molecule has 0 aliphatic heterocycles. The molecule has 1 atom stereocenters. The molecule has 0 bridgehead atoms. The zero-order valence-electron chi connectivity index (χ0n) is 13.6. The van der Waals surface area contributed by atoms with Crippen LogP contribution in [-0.2, 0) is 9.59 Å². The SMILES string of the molecule is CC(C(=O)NN=CC=Cc1ccccc1)C(=O)Nc1ccccc1F. The first-order valence-corrected chi connectivity index (χ1v) is 7.68. The van der Waals surface area contributed by atoms with Gasteiger partial charge in [-0.15, -0.1) is 0 Å². The van der Waals surface area contributed by atoms with Crippen molar-refractivity contribution in [2.24, 2.45) is 11.0 Å². The summed E-state index contributed by atoms with van der Waals surface area (Å²) in [7, 11) is 0. The largest absolute Gasteiger partial charge is 0.323 e. The van der Waals surface area contributed by atoms with Gasteiger partial charge in [-0.1, -0.05) is 48.5 Å². The Morgan fingerprint density at radius 3 is 2.44 bits per heavy atom. The summed E-state index contributed by atoms with van der Waals surface area (Å²) in [4.78, 5) is 23.9. The van der Waals surface area contributed by atoms with Crippen LogP contribution in [0.5, 0.6) is 0 Å². The second kappa shape index (κ2) is 9.12. The van der Waals surface area contributed by atoms with E-state index in [2.05, 4.69) is 15.8 Å². The number of halogens is 1. The number of allylic oxidation sites excluding steroid dienone is 1. The molecule has 0 heterocycles. The van der Waals surface area contributed by atoms with Gasteiger partial charge in [0.15, 0.2) is 0 Å². The number of carbonyl (C=O) groups excluding carboxylic acids is 2. The number of carbonyl (C=O) groups is 2. The van der Waals surface area contributed by atoms with Crippen LogP contribution in [0.1, 0.15) is 12.5 Å². The third-order valence-electron chi connectivity index (χ3n) is 3.34. The molecule has 128 valence electrons. The predicted molar refractivity (Wildman–Crippen MR) is 96.3 cm³/mol. The van der Waals surface area contributed by atoms with Gasteiger partial charge in [-0.3, -0.25) is 9.59 Å². The Bertz CT molecular complexity index is 788. The smallest absolute Gasteiger partial charge is 0.252 e. The highest BCUT2D eigenvalue weighted by molar-refractivity contribution is 6.06. The first-order chi connectivity index (χ1) is 12.1. The van der Waals surface area contributed by atoms with Crippen molar-refractivity contribution in [3.05, 3.63) is 72.1 Å². The minimum absolute atomic E-state index is 0.0291. The molecule has 2 aromatic carbocycles. The highest BCUT2D eigenvalue weighted by atomic mass is 19.1. The molecule has 0 aromatic heterocycles. The fourth-order valence-electron chi connectivity index (χ4n) is 1.88. The van der Waals surface area contributed by atoms with Crippen LogP contribution in [0.2, 0.25) is 0 Å². The molecule has 0 saturated carbocycles. The molecule has 25 heavy (non-hydrogen) atoms. The summed E-state index contributed by atoms with van der Waals surface area (Å²) < 4.78 is 13.5. The lowest BCUT2D eigenvalue weighted by atomic mass is 10.1. The molecule has 0 spiro atoms. The fraction of sp³-hybridized carbons (Fsp3) is 0.105. The van der Waals surface area contributed by atoms with Crippen LogP contribution < -0.4 is 10.7 Å². The van der Waals surface area contributed by atoms with E-state index in [4.69, 9.17) is 0 Å². The fourth-order valence-corrected chi connectivity index (χ4v) is 1.88. The molecule has 2 amide bonds. The summed E-state index contributed by atoms with van der Waals surface area (Å²) in [5, 5.41) is 6.12.